The van der Waals surface area contributed by atoms with Gasteiger partial charge in [0, 0.05) is 23.7 Å². The smallest absolute Gasteiger partial charge is 0.139 e. The van der Waals surface area contributed by atoms with Crippen LogP contribution in [0.3, 0.4) is 0 Å². The molecule has 0 radical (unpaired) electrons. The highest BCUT2D eigenvalue weighted by molar-refractivity contribution is 5.86. The van der Waals surface area contributed by atoms with Gasteiger partial charge >= 0.3 is 0 Å². The summed E-state index contributed by atoms with van der Waals surface area (Å²) < 4.78 is 0. The third-order valence-corrected chi connectivity index (χ3v) is 5.43. The monoisotopic (exact) mass is 270 g/mol. The molecule has 110 valence electrons. The average molecular weight is 270 g/mol. The average Bonchev–Trinajstić information content (AvgIpc) is 2.22. The maximum atomic E-state index is 12.3. The van der Waals surface area contributed by atoms with Crippen LogP contribution in [0, 0.1) is 23.2 Å². The predicted molar refractivity (Wildman–Crippen MR) is 71.4 cm³/mol. The highest BCUT2D eigenvalue weighted by Crippen LogP contribution is 2.54. The first kappa shape index (κ1) is 14.9. The van der Waals surface area contributed by atoms with Crippen LogP contribution in [-0.4, -0.2) is 38.9 Å². The number of ketones is 1. The standard InChI is InChI=1S/C15H26O4/c1-8(2)11-9(16)7-14(3)10(17)5-6-15(4,19)13(14)12(11)18/h8-9,11-13,16,18-19H,5-7H2,1-4H3/t9-,11+,12+,13?,14-,15-/m0/s1. The van der Waals surface area contributed by atoms with Gasteiger partial charge in [0.1, 0.15) is 5.78 Å². The first-order valence-electron chi connectivity index (χ1n) is 7.23. The van der Waals surface area contributed by atoms with Crippen molar-refractivity contribution in [3.05, 3.63) is 0 Å². The fourth-order valence-corrected chi connectivity index (χ4v) is 4.51. The van der Waals surface area contributed by atoms with Gasteiger partial charge in [-0.05, 0) is 25.7 Å². The molecule has 0 heterocycles. The Kier molecular flexibility index (Phi) is 3.57. The highest BCUT2D eigenvalue weighted by atomic mass is 16.3. The molecule has 0 aromatic heterocycles. The molecule has 0 aliphatic heterocycles. The van der Waals surface area contributed by atoms with Crippen molar-refractivity contribution in [3.8, 4) is 0 Å². The third kappa shape index (κ3) is 2.14. The summed E-state index contributed by atoms with van der Waals surface area (Å²) in [6.45, 7) is 7.41. The van der Waals surface area contributed by atoms with E-state index in [-0.39, 0.29) is 17.6 Å². The Balaban J connectivity index is 2.44. The number of aliphatic hydroxyl groups excluding tert-OH is 2. The van der Waals surface area contributed by atoms with Crippen molar-refractivity contribution in [1.29, 1.82) is 0 Å². The van der Waals surface area contributed by atoms with E-state index < -0.39 is 29.1 Å². The first-order chi connectivity index (χ1) is 8.61. The summed E-state index contributed by atoms with van der Waals surface area (Å²) in [6, 6.07) is 0. The zero-order valence-electron chi connectivity index (χ0n) is 12.3. The molecule has 0 amide bonds. The number of aliphatic hydroxyl groups is 3. The normalized spacial score (nSPS) is 51.3. The minimum Gasteiger partial charge on any atom is -0.393 e. The number of fused-ring (bicyclic) bond motifs is 1. The maximum absolute atomic E-state index is 12.3. The minimum atomic E-state index is -1.05. The van der Waals surface area contributed by atoms with Gasteiger partial charge in [0.15, 0.2) is 0 Å². The first-order valence-corrected chi connectivity index (χ1v) is 7.23. The summed E-state index contributed by atoms with van der Waals surface area (Å²) in [4.78, 5) is 12.3. The zero-order valence-corrected chi connectivity index (χ0v) is 12.3. The molecular formula is C15H26O4. The molecule has 0 spiro atoms. The molecule has 1 unspecified atom stereocenters. The van der Waals surface area contributed by atoms with Crippen LogP contribution < -0.4 is 0 Å². The Morgan fingerprint density at radius 1 is 1.26 bits per heavy atom. The Morgan fingerprint density at radius 2 is 1.84 bits per heavy atom. The molecule has 4 nitrogen and oxygen atoms in total. The molecule has 0 aromatic rings. The lowest BCUT2D eigenvalue weighted by molar-refractivity contribution is -0.209. The van der Waals surface area contributed by atoms with Crippen molar-refractivity contribution in [3.63, 3.8) is 0 Å². The molecule has 2 rings (SSSR count). The van der Waals surface area contributed by atoms with Crippen LogP contribution in [0.15, 0.2) is 0 Å². The lowest BCUT2D eigenvalue weighted by Gasteiger charge is -2.57. The number of Topliss-reactive ketones (excluding diaryl/α,β-unsaturated/α-hetero) is 1. The van der Waals surface area contributed by atoms with Crippen molar-refractivity contribution >= 4 is 5.78 Å². The molecule has 6 atom stereocenters. The second-order valence-corrected chi connectivity index (χ2v) is 7.26. The zero-order chi connectivity index (χ0) is 14.6. The van der Waals surface area contributed by atoms with E-state index in [0.717, 1.165) is 0 Å². The topological polar surface area (TPSA) is 77.8 Å². The third-order valence-electron chi connectivity index (χ3n) is 5.43. The van der Waals surface area contributed by atoms with Gasteiger partial charge in [0.2, 0.25) is 0 Å². The minimum absolute atomic E-state index is 0.0596. The van der Waals surface area contributed by atoms with Gasteiger partial charge in [-0.2, -0.15) is 0 Å². The van der Waals surface area contributed by atoms with E-state index in [1.807, 2.05) is 13.8 Å². The summed E-state index contributed by atoms with van der Waals surface area (Å²) in [5.74, 6) is -0.598. The van der Waals surface area contributed by atoms with E-state index in [1.54, 1.807) is 13.8 Å². The van der Waals surface area contributed by atoms with Gasteiger partial charge in [-0.3, -0.25) is 4.79 Å². The van der Waals surface area contributed by atoms with Crippen LogP contribution in [0.25, 0.3) is 0 Å². The maximum Gasteiger partial charge on any atom is 0.139 e. The fraction of sp³-hybridized carbons (Fsp3) is 0.933. The quantitative estimate of drug-likeness (QED) is 0.667. The van der Waals surface area contributed by atoms with Gasteiger partial charge < -0.3 is 15.3 Å². The van der Waals surface area contributed by atoms with Crippen molar-refractivity contribution in [1.82, 2.24) is 0 Å². The number of carbonyl (C=O) groups excluding carboxylic acids is 1. The summed E-state index contributed by atoms with van der Waals surface area (Å²) >= 11 is 0. The predicted octanol–water partition coefficient (Wildman–Crippen LogP) is 1.12. The Labute approximate surface area is 114 Å². The summed E-state index contributed by atoms with van der Waals surface area (Å²) in [5, 5.41) is 31.6. The van der Waals surface area contributed by atoms with E-state index in [1.165, 1.54) is 0 Å². The van der Waals surface area contributed by atoms with Gasteiger partial charge in [-0.15, -0.1) is 0 Å². The molecule has 19 heavy (non-hydrogen) atoms. The van der Waals surface area contributed by atoms with Crippen molar-refractivity contribution in [2.75, 3.05) is 0 Å². The second kappa shape index (κ2) is 4.54. The van der Waals surface area contributed by atoms with Crippen molar-refractivity contribution in [2.45, 2.75) is 64.8 Å². The van der Waals surface area contributed by atoms with E-state index in [2.05, 4.69) is 0 Å². The van der Waals surface area contributed by atoms with Gasteiger partial charge in [0.05, 0.1) is 17.8 Å². The Hall–Kier alpha value is -0.450. The summed E-state index contributed by atoms with van der Waals surface area (Å²) in [6.07, 6.45) is -0.468. The van der Waals surface area contributed by atoms with E-state index in [9.17, 15) is 20.1 Å². The van der Waals surface area contributed by atoms with E-state index >= 15 is 0 Å². The lowest BCUT2D eigenvalue weighted by Crippen LogP contribution is -2.65. The van der Waals surface area contributed by atoms with Crippen LogP contribution >= 0.6 is 0 Å². The Morgan fingerprint density at radius 3 is 2.37 bits per heavy atom. The molecule has 2 saturated carbocycles. The molecule has 0 aromatic carbocycles. The highest BCUT2D eigenvalue weighted by Gasteiger charge is 2.61. The SMILES string of the molecule is CC(C)[C@@H]1[C@@H](O)C[C@@]2(C)C(=O)CC[C@](C)(O)C2[C@@H]1O. The van der Waals surface area contributed by atoms with Crippen molar-refractivity contribution < 1.29 is 20.1 Å². The summed E-state index contributed by atoms with van der Waals surface area (Å²) in [5.41, 5.74) is -1.86. The Bertz CT molecular complexity index is 376. The molecule has 3 N–H and O–H groups in total. The van der Waals surface area contributed by atoms with Crippen LogP contribution in [0.2, 0.25) is 0 Å². The number of carbonyl (C=O) groups is 1. The van der Waals surface area contributed by atoms with Gasteiger partial charge in [-0.25, -0.2) is 0 Å². The number of hydrogen-bond acceptors (Lipinski definition) is 4. The molecular weight excluding hydrogens is 244 g/mol. The molecule has 2 aliphatic carbocycles. The van der Waals surface area contributed by atoms with Crippen LogP contribution in [0.4, 0.5) is 0 Å². The van der Waals surface area contributed by atoms with Gasteiger partial charge in [-0.1, -0.05) is 20.8 Å². The summed E-state index contributed by atoms with van der Waals surface area (Å²) in [7, 11) is 0. The van der Waals surface area contributed by atoms with Crippen LogP contribution in [0.1, 0.15) is 47.0 Å². The van der Waals surface area contributed by atoms with Crippen LogP contribution in [0.5, 0.6) is 0 Å². The number of hydrogen-bond donors (Lipinski definition) is 3. The molecule has 4 heteroatoms. The molecule has 2 aliphatic rings. The number of rotatable bonds is 1. The van der Waals surface area contributed by atoms with E-state index in [4.69, 9.17) is 0 Å². The molecule has 0 bridgehead atoms. The van der Waals surface area contributed by atoms with Crippen molar-refractivity contribution in [2.24, 2.45) is 23.2 Å². The molecule has 2 fully saturated rings. The lowest BCUT2D eigenvalue weighted by atomic mass is 9.50. The largest absolute Gasteiger partial charge is 0.393 e. The fourth-order valence-electron chi connectivity index (χ4n) is 4.51. The molecule has 0 saturated heterocycles. The van der Waals surface area contributed by atoms with Crippen LogP contribution in [-0.2, 0) is 4.79 Å². The second-order valence-electron chi connectivity index (χ2n) is 7.26. The van der Waals surface area contributed by atoms with Gasteiger partial charge in [0.25, 0.3) is 0 Å². The van der Waals surface area contributed by atoms with E-state index in [0.29, 0.717) is 19.3 Å².